The van der Waals surface area contributed by atoms with Gasteiger partial charge < -0.3 is 5.11 Å². The van der Waals surface area contributed by atoms with E-state index in [4.69, 9.17) is 0 Å². The first kappa shape index (κ1) is 12.8. The third-order valence-corrected chi connectivity index (χ3v) is 4.21. The number of hydrogen-bond donors (Lipinski definition) is 1. The van der Waals surface area contributed by atoms with Crippen LogP contribution in [0.4, 0.5) is 0 Å². The molecule has 4 aromatic rings. The standard InChI is InChI=1S/C20H14O2/c21-20(22)12-19-16-8-4-2-6-14(16)11-18-15-7-3-1-5-13(15)9-10-17(18)19/h1-11H,12H2,(H,21,22)/i12+1,20+1. The third-order valence-electron chi connectivity index (χ3n) is 4.21. The average Bonchev–Trinajstić information content (AvgIpc) is 2.54. The van der Waals surface area contributed by atoms with Gasteiger partial charge in [0.05, 0.1) is 6.42 Å². The average molecular weight is 288 g/mol. The Kier molecular flexibility index (Phi) is 2.83. The Morgan fingerprint density at radius 3 is 2.18 bits per heavy atom. The number of fused-ring (bicyclic) bond motifs is 4. The number of benzene rings is 4. The van der Waals surface area contributed by atoms with E-state index in [2.05, 4.69) is 24.3 Å². The molecule has 0 aliphatic carbocycles. The van der Waals surface area contributed by atoms with Gasteiger partial charge in [-0.1, -0.05) is 60.7 Å². The largest absolute Gasteiger partial charge is 0.481 e. The zero-order valence-corrected chi connectivity index (χ0v) is 11.9. The molecule has 0 aliphatic rings. The fourth-order valence-corrected chi connectivity index (χ4v) is 3.25. The van der Waals surface area contributed by atoms with Crippen LogP contribution in [0.1, 0.15) is 5.56 Å². The van der Waals surface area contributed by atoms with Gasteiger partial charge in [-0.05, 0) is 43.9 Å². The van der Waals surface area contributed by atoms with Gasteiger partial charge in [-0.25, -0.2) is 0 Å². The van der Waals surface area contributed by atoms with Gasteiger partial charge in [0.15, 0.2) is 0 Å². The van der Waals surface area contributed by atoms with Crippen molar-refractivity contribution >= 4 is 38.3 Å². The van der Waals surface area contributed by atoms with E-state index in [-0.39, 0.29) is 6.42 Å². The normalized spacial score (nSPS) is 11.3. The third kappa shape index (κ3) is 1.92. The highest BCUT2D eigenvalue weighted by molar-refractivity contribution is 6.14. The molecule has 0 unspecified atom stereocenters. The Labute approximate surface area is 127 Å². The molecule has 0 heterocycles. The molecule has 2 nitrogen and oxygen atoms in total. The second-order valence-electron chi connectivity index (χ2n) is 5.53. The molecule has 0 aromatic heterocycles. The fraction of sp³-hybridized carbons (Fsp3) is 0.0500. The summed E-state index contributed by atoms with van der Waals surface area (Å²) in [6, 6.07) is 22.5. The number of hydrogen-bond acceptors (Lipinski definition) is 1. The summed E-state index contributed by atoms with van der Waals surface area (Å²) in [5, 5.41) is 15.9. The van der Waals surface area contributed by atoms with Crippen LogP contribution in [0.25, 0.3) is 32.3 Å². The predicted molar refractivity (Wildman–Crippen MR) is 90.3 cm³/mol. The summed E-state index contributed by atoms with van der Waals surface area (Å²) in [5.74, 6) is -0.800. The van der Waals surface area contributed by atoms with Crippen LogP contribution in [0.5, 0.6) is 0 Å². The van der Waals surface area contributed by atoms with Crippen LogP contribution in [0.2, 0.25) is 0 Å². The molecule has 0 spiro atoms. The number of rotatable bonds is 2. The second kappa shape index (κ2) is 4.85. The molecule has 0 aliphatic heterocycles. The second-order valence-corrected chi connectivity index (χ2v) is 5.53. The Morgan fingerprint density at radius 2 is 1.41 bits per heavy atom. The van der Waals surface area contributed by atoms with Crippen LogP contribution in [-0.2, 0) is 11.2 Å². The highest BCUT2D eigenvalue weighted by Gasteiger charge is 2.12. The topological polar surface area (TPSA) is 37.3 Å². The monoisotopic (exact) mass is 288 g/mol. The van der Waals surface area contributed by atoms with E-state index >= 15 is 0 Å². The maximum Gasteiger partial charge on any atom is 0.307 e. The lowest BCUT2D eigenvalue weighted by Gasteiger charge is -2.12. The van der Waals surface area contributed by atoms with Crippen LogP contribution >= 0.6 is 0 Å². The minimum absolute atomic E-state index is 0.0379. The zero-order valence-electron chi connectivity index (χ0n) is 11.9. The van der Waals surface area contributed by atoms with Crippen molar-refractivity contribution < 1.29 is 9.90 Å². The van der Waals surface area contributed by atoms with E-state index in [0.717, 1.165) is 32.5 Å². The van der Waals surface area contributed by atoms with Gasteiger partial charge in [-0.2, -0.15) is 0 Å². The smallest absolute Gasteiger partial charge is 0.307 e. The molecule has 2 heteroatoms. The highest BCUT2D eigenvalue weighted by atomic mass is 16.5. The minimum Gasteiger partial charge on any atom is -0.481 e. The maximum absolute atomic E-state index is 11.3. The van der Waals surface area contributed by atoms with Gasteiger partial charge in [0.25, 0.3) is 0 Å². The van der Waals surface area contributed by atoms with Gasteiger partial charge >= 0.3 is 5.97 Å². The molecule has 4 aromatic carbocycles. The van der Waals surface area contributed by atoms with Crippen LogP contribution in [0.3, 0.4) is 0 Å². The molecule has 0 bridgehead atoms. The van der Waals surface area contributed by atoms with Crippen LogP contribution < -0.4 is 0 Å². The molecular formula is C20H14O2. The lowest BCUT2D eigenvalue weighted by Crippen LogP contribution is -2.02. The van der Waals surface area contributed by atoms with E-state index in [1.54, 1.807) is 0 Å². The van der Waals surface area contributed by atoms with Gasteiger partial charge in [0.1, 0.15) is 0 Å². The van der Waals surface area contributed by atoms with E-state index in [1.165, 1.54) is 5.39 Å². The molecule has 0 saturated heterocycles. The van der Waals surface area contributed by atoms with Gasteiger partial charge in [-0.15, -0.1) is 0 Å². The molecule has 0 radical (unpaired) electrons. The number of carbonyl (C=O) groups is 1. The summed E-state index contributed by atoms with van der Waals surface area (Å²) in [6.07, 6.45) is 0.0379. The number of carboxylic acids is 1. The Hall–Kier alpha value is -2.87. The fourth-order valence-electron chi connectivity index (χ4n) is 3.25. The van der Waals surface area contributed by atoms with Crippen LogP contribution in [0, 0.1) is 0 Å². The Balaban J connectivity index is 2.23. The summed E-state index contributed by atoms with van der Waals surface area (Å²) < 4.78 is 0. The molecular weight excluding hydrogens is 274 g/mol. The summed E-state index contributed by atoms with van der Waals surface area (Å²) in [5.41, 5.74) is 0.895. The molecule has 0 saturated carbocycles. The maximum atomic E-state index is 11.3. The van der Waals surface area contributed by atoms with E-state index in [1.807, 2.05) is 42.5 Å². The van der Waals surface area contributed by atoms with Crippen molar-refractivity contribution in [1.82, 2.24) is 0 Å². The van der Waals surface area contributed by atoms with E-state index in [9.17, 15) is 9.90 Å². The predicted octanol–water partition coefficient (Wildman–Crippen LogP) is 4.77. The van der Waals surface area contributed by atoms with E-state index in [0.29, 0.717) is 0 Å². The molecule has 0 fully saturated rings. The van der Waals surface area contributed by atoms with Crippen molar-refractivity contribution in [3.8, 4) is 0 Å². The first-order valence-corrected chi connectivity index (χ1v) is 7.28. The van der Waals surface area contributed by atoms with Crippen LogP contribution in [0.15, 0.2) is 66.7 Å². The van der Waals surface area contributed by atoms with Gasteiger partial charge in [-0.3, -0.25) is 4.79 Å². The summed E-state index contributed by atoms with van der Waals surface area (Å²) in [4.78, 5) is 11.3. The molecule has 1 N–H and O–H groups in total. The van der Waals surface area contributed by atoms with Gasteiger partial charge in [0, 0.05) is 0 Å². The van der Waals surface area contributed by atoms with Crippen molar-refractivity contribution in [3.63, 3.8) is 0 Å². The molecule has 0 amide bonds. The first-order chi connectivity index (χ1) is 10.7. The lowest BCUT2D eigenvalue weighted by atomic mass is 9.95. The molecule has 4 rings (SSSR count). The first-order valence-electron chi connectivity index (χ1n) is 7.28. The summed E-state index contributed by atoms with van der Waals surface area (Å²) >= 11 is 0. The van der Waals surface area contributed by atoms with Crippen molar-refractivity contribution in [3.05, 3.63) is 72.3 Å². The van der Waals surface area contributed by atoms with Crippen molar-refractivity contribution in [2.24, 2.45) is 0 Å². The van der Waals surface area contributed by atoms with Crippen molar-refractivity contribution in [2.75, 3.05) is 0 Å². The highest BCUT2D eigenvalue weighted by Crippen LogP contribution is 2.33. The van der Waals surface area contributed by atoms with E-state index < -0.39 is 5.97 Å². The van der Waals surface area contributed by atoms with Gasteiger partial charge in [0.2, 0.25) is 0 Å². The number of aliphatic carboxylic acids is 1. The molecule has 0 atom stereocenters. The minimum atomic E-state index is -0.800. The molecule has 22 heavy (non-hydrogen) atoms. The Bertz CT molecular complexity index is 1030. The quantitative estimate of drug-likeness (QED) is 0.327. The molecule has 106 valence electrons. The van der Waals surface area contributed by atoms with Crippen molar-refractivity contribution in [1.29, 1.82) is 0 Å². The van der Waals surface area contributed by atoms with Crippen molar-refractivity contribution in [2.45, 2.75) is 6.42 Å². The summed E-state index contributed by atoms with van der Waals surface area (Å²) in [7, 11) is 0. The Morgan fingerprint density at radius 1 is 0.727 bits per heavy atom. The SMILES string of the molecule is O=[13C](O)[13CH2]c1c2ccccc2cc2c1ccc1ccccc12. The lowest BCUT2D eigenvalue weighted by molar-refractivity contribution is -0.136. The zero-order chi connectivity index (χ0) is 15.1. The summed E-state index contributed by atoms with van der Waals surface area (Å²) in [6.45, 7) is 0. The van der Waals surface area contributed by atoms with Crippen LogP contribution in [-0.4, -0.2) is 11.1 Å². The number of carboxylic acid groups (broad SMARTS) is 1.